The SMILES string of the molecule is CC(C)C[C@H](NC(=O)[C@H](C)NC(=O)[C@H](CCC(N)=O)NC(=O)[C@@H]1CCCN1C(=O)[C@@H](N)CC(N)=O)C(=O)N[C@@H](CO)C(=O)O. The highest BCUT2D eigenvalue weighted by molar-refractivity contribution is 5.97. The zero-order chi connectivity index (χ0) is 33.7. The van der Waals surface area contributed by atoms with Crippen LogP contribution in [0.3, 0.4) is 0 Å². The molecule has 1 heterocycles. The third kappa shape index (κ3) is 12.1. The van der Waals surface area contributed by atoms with Gasteiger partial charge in [-0.2, -0.15) is 0 Å². The second-order valence-electron chi connectivity index (χ2n) is 11.0. The van der Waals surface area contributed by atoms with Crippen molar-refractivity contribution in [1.82, 2.24) is 26.2 Å². The molecule has 1 aliphatic rings. The summed E-state index contributed by atoms with van der Waals surface area (Å²) < 4.78 is 0. The number of nitrogens with one attached hydrogen (secondary N) is 4. The molecule has 44 heavy (non-hydrogen) atoms. The van der Waals surface area contributed by atoms with Crippen molar-refractivity contribution in [3.63, 3.8) is 0 Å². The first kappa shape index (κ1) is 37.7. The summed E-state index contributed by atoms with van der Waals surface area (Å²) in [5.41, 5.74) is 16.1. The smallest absolute Gasteiger partial charge is 0.328 e. The Hall–Kier alpha value is -4.32. The molecule has 0 aromatic heterocycles. The van der Waals surface area contributed by atoms with E-state index in [0.717, 1.165) is 0 Å². The standard InChI is InChI=1S/C26H44N8O10/c1-12(2)9-16(23(40)33-17(11-35)26(43)44)32-21(38)13(3)30-22(39)15(6-7-19(28)36)31-24(41)18-5-4-8-34(18)25(42)14(27)10-20(29)37/h12-18,35H,4-11,27H2,1-3H3,(H2,28,36)(H2,29,37)(H,30,39)(H,31,41)(H,32,38)(H,33,40)(H,43,44)/t13-,14-,15-,16-,17-,18-/m0/s1. The number of carboxylic acid groups (broad SMARTS) is 1. The van der Waals surface area contributed by atoms with Crippen molar-refractivity contribution in [3.8, 4) is 0 Å². The fourth-order valence-corrected chi connectivity index (χ4v) is 4.48. The van der Waals surface area contributed by atoms with E-state index in [1.165, 1.54) is 11.8 Å². The van der Waals surface area contributed by atoms with Gasteiger partial charge in [-0.05, 0) is 38.5 Å². The molecule has 0 bridgehead atoms. The van der Waals surface area contributed by atoms with Crippen LogP contribution >= 0.6 is 0 Å². The quantitative estimate of drug-likeness (QED) is 0.0697. The summed E-state index contributed by atoms with van der Waals surface area (Å²) in [5, 5.41) is 27.8. The Bertz CT molecular complexity index is 1100. The second-order valence-corrected chi connectivity index (χ2v) is 11.0. The normalized spacial score (nSPS) is 17.9. The lowest BCUT2D eigenvalue weighted by Crippen LogP contribution is -2.58. The number of nitrogens with two attached hydrogens (primary N) is 3. The summed E-state index contributed by atoms with van der Waals surface area (Å²) in [6.45, 7) is 4.12. The molecule has 248 valence electrons. The van der Waals surface area contributed by atoms with Gasteiger partial charge in [-0.1, -0.05) is 13.8 Å². The van der Waals surface area contributed by atoms with E-state index in [1.54, 1.807) is 13.8 Å². The van der Waals surface area contributed by atoms with Crippen LogP contribution in [0.1, 0.15) is 59.3 Å². The molecule has 0 unspecified atom stereocenters. The molecule has 7 amide bonds. The van der Waals surface area contributed by atoms with Gasteiger partial charge in [0.05, 0.1) is 19.1 Å². The van der Waals surface area contributed by atoms with Gasteiger partial charge < -0.3 is 53.6 Å². The van der Waals surface area contributed by atoms with Crippen molar-refractivity contribution in [2.24, 2.45) is 23.1 Å². The van der Waals surface area contributed by atoms with Crippen molar-refractivity contribution >= 4 is 47.3 Å². The van der Waals surface area contributed by atoms with Gasteiger partial charge in [0.2, 0.25) is 41.4 Å². The maximum absolute atomic E-state index is 13.2. The number of carbonyl (C=O) groups is 8. The van der Waals surface area contributed by atoms with E-state index in [1.807, 2.05) is 0 Å². The molecule has 18 nitrogen and oxygen atoms in total. The number of aliphatic hydroxyl groups excluding tert-OH is 1. The molecular formula is C26H44N8O10. The maximum atomic E-state index is 13.2. The number of hydrogen-bond donors (Lipinski definition) is 9. The van der Waals surface area contributed by atoms with Crippen molar-refractivity contribution in [2.75, 3.05) is 13.2 Å². The van der Waals surface area contributed by atoms with Gasteiger partial charge in [0.25, 0.3) is 0 Å². The average molecular weight is 629 g/mol. The van der Waals surface area contributed by atoms with Crippen LogP contribution in [-0.4, -0.2) is 112 Å². The minimum absolute atomic E-state index is 0.104. The number of nitrogens with zero attached hydrogens (tertiary/aromatic N) is 1. The van der Waals surface area contributed by atoms with Gasteiger partial charge in [0.1, 0.15) is 30.2 Å². The highest BCUT2D eigenvalue weighted by atomic mass is 16.4. The molecular weight excluding hydrogens is 584 g/mol. The van der Waals surface area contributed by atoms with Gasteiger partial charge in [-0.3, -0.25) is 33.6 Å². The van der Waals surface area contributed by atoms with E-state index < -0.39 is 96.6 Å². The summed E-state index contributed by atoms with van der Waals surface area (Å²) in [4.78, 5) is 99.6. The number of carboxylic acids is 1. The average Bonchev–Trinajstić information content (AvgIpc) is 3.41. The monoisotopic (exact) mass is 628 g/mol. The van der Waals surface area contributed by atoms with Crippen LogP contribution in [-0.2, 0) is 38.4 Å². The number of likely N-dealkylation sites (tertiary alicyclic amines) is 1. The van der Waals surface area contributed by atoms with E-state index in [9.17, 15) is 43.5 Å². The molecule has 1 saturated heterocycles. The molecule has 12 N–H and O–H groups in total. The lowest BCUT2D eigenvalue weighted by atomic mass is 10.0. The Kier molecular flexibility index (Phi) is 15.2. The first-order chi connectivity index (χ1) is 20.5. The Labute approximate surface area is 254 Å². The summed E-state index contributed by atoms with van der Waals surface area (Å²) in [5.74, 6) is -7.07. The Balaban J connectivity index is 2.99. The van der Waals surface area contributed by atoms with Gasteiger partial charge in [-0.15, -0.1) is 0 Å². The number of rotatable bonds is 18. The third-order valence-electron chi connectivity index (χ3n) is 6.78. The number of aliphatic hydroxyl groups is 1. The molecule has 0 aliphatic carbocycles. The van der Waals surface area contributed by atoms with E-state index in [-0.39, 0.29) is 38.1 Å². The summed E-state index contributed by atoms with van der Waals surface area (Å²) in [6, 6.07) is -7.68. The number of aliphatic carboxylic acids is 1. The maximum Gasteiger partial charge on any atom is 0.328 e. The molecule has 0 saturated carbocycles. The minimum atomic E-state index is -1.59. The van der Waals surface area contributed by atoms with Crippen molar-refractivity contribution in [3.05, 3.63) is 0 Å². The molecule has 1 fully saturated rings. The predicted molar refractivity (Wildman–Crippen MR) is 153 cm³/mol. The molecule has 0 aromatic rings. The van der Waals surface area contributed by atoms with Crippen LogP contribution < -0.4 is 38.5 Å². The third-order valence-corrected chi connectivity index (χ3v) is 6.78. The predicted octanol–water partition coefficient (Wildman–Crippen LogP) is -4.47. The van der Waals surface area contributed by atoms with Gasteiger partial charge in [0.15, 0.2) is 0 Å². The van der Waals surface area contributed by atoms with Crippen molar-refractivity contribution in [1.29, 1.82) is 0 Å². The van der Waals surface area contributed by atoms with E-state index in [4.69, 9.17) is 22.3 Å². The topological polar surface area (TPSA) is 306 Å². The van der Waals surface area contributed by atoms with Crippen LogP contribution in [0.25, 0.3) is 0 Å². The van der Waals surface area contributed by atoms with Crippen molar-refractivity contribution in [2.45, 2.75) is 95.5 Å². The summed E-state index contributed by atoms with van der Waals surface area (Å²) in [6.07, 6.45) is -0.177. The van der Waals surface area contributed by atoms with Gasteiger partial charge in [-0.25, -0.2) is 4.79 Å². The molecule has 1 aliphatic heterocycles. The lowest BCUT2D eigenvalue weighted by Gasteiger charge is -2.28. The van der Waals surface area contributed by atoms with Crippen LogP contribution in [0, 0.1) is 5.92 Å². The second kappa shape index (κ2) is 17.7. The summed E-state index contributed by atoms with van der Waals surface area (Å²) in [7, 11) is 0. The van der Waals surface area contributed by atoms with Crippen molar-refractivity contribution < 1.29 is 48.6 Å². The first-order valence-corrected chi connectivity index (χ1v) is 14.2. The molecule has 0 spiro atoms. The number of primary amides is 2. The number of hydrogen-bond acceptors (Lipinski definition) is 10. The van der Waals surface area contributed by atoms with Crippen LogP contribution in [0.5, 0.6) is 0 Å². The lowest BCUT2D eigenvalue weighted by molar-refractivity contribution is -0.143. The van der Waals surface area contributed by atoms with E-state index >= 15 is 0 Å². The van der Waals surface area contributed by atoms with Gasteiger partial charge >= 0.3 is 5.97 Å². The number of amides is 7. The highest BCUT2D eigenvalue weighted by Crippen LogP contribution is 2.19. The molecule has 0 radical (unpaired) electrons. The fraction of sp³-hybridized carbons (Fsp3) is 0.692. The molecule has 6 atom stereocenters. The Morgan fingerprint density at radius 2 is 1.43 bits per heavy atom. The van der Waals surface area contributed by atoms with Crippen LogP contribution in [0.2, 0.25) is 0 Å². The molecule has 1 rings (SSSR count). The van der Waals surface area contributed by atoms with E-state index in [0.29, 0.717) is 6.42 Å². The van der Waals surface area contributed by atoms with Crippen LogP contribution in [0.15, 0.2) is 0 Å². The minimum Gasteiger partial charge on any atom is -0.480 e. The molecule has 18 heteroatoms. The zero-order valence-corrected chi connectivity index (χ0v) is 25.0. The van der Waals surface area contributed by atoms with Crippen LogP contribution in [0.4, 0.5) is 0 Å². The largest absolute Gasteiger partial charge is 0.480 e. The highest BCUT2D eigenvalue weighted by Gasteiger charge is 2.38. The first-order valence-electron chi connectivity index (χ1n) is 14.2. The number of carbonyl (C=O) groups excluding carboxylic acids is 7. The Morgan fingerprint density at radius 3 is 1.95 bits per heavy atom. The zero-order valence-electron chi connectivity index (χ0n) is 25.0. The van der Waals surface area contributed by atoms with E-state index in [2.05, 4.69) is 21.3 Å². The van der Waals surface area contributed by atoms with Gasteiger partial charge in [0, 0.05) is 13.0 Å². The fourth-order valence-electron chi connectivity index (χ4n) is 4.48. The Morgan fingerprint density at radius 1 is 0.841 bits per heavy atom. The molecule has 0 aromatic carbocycles. The summed E-state index contributed by atoms with van der Waals surface area (Å²) >= 11 is 0.